The number of anilines is 1. The van der Waals surface area contributed by atoms with Crippen molar-refractivity contribution in [3.63, 3.8) is 0 Å². The first-order valence-corrected chi connectivity index (χ1v) is 8.13. The standard InChI is InChI=1S/C13H18N2OS2/c1-9(14)7-12(16)15-11-4-2-3-10(8-11)13-17-5-6-18-13/h2-4,8-9,13H,5-7,14H2,1H3,(H,15,16). The molecule has 0 aliphatic carbocycles. The second-order valence-corrected chi connectivity index (χ2v) is 7.15. The predicted molar refractivity (Wildman–Crippen MR) is 81.0 cm³/mol. The molecule has 98 valence electrons. The molecule has 0 radical (unpaired) electrons. The molecule has 1 fully saturated rings. The number of carbonyl (C=O) groups excluding carboxylic acids is 1. The van der Waals surface area contributed by atoms with Gasteiger partial charge in [0, 0.05) is 29.7 Å². The van der Waals surface area contributed by atoms with Crippen LogP contribution < -0.4 is 11.1 Å². The van der Waals surface area contributed by atoms with Crippen molar-refractivity contribution in [3.8, 4) is 0 Å². The summed E-state index contributed by atoms with van der Waals surface area (Å²) in [5, 5.41) is 2.90. The highest BCUT2D eigenvalue weighted by Crippen LogP contribution is 2.45. The van der Waals surface area contributed by atoms with Crippen LogP contribution in [0.1, 0.15) is 23.5 Å². The molecule has 0 saturated carbocycles. The van der Waals surface area contributed by atoms with Gasteiger partial charge in [0.15, 0.2) is 0 Å². The van der Waals surface area contributed by atoms with Crippen molar-refractivity contribution in [3.05, 3.63) is 29.8 Å². The Morgan fingerprint density at radius 1 is 1.50 bits per heavy atom. The van der Waals surface area contributed by atoms with Gasteiger partial charge in [-0.2, -0.15) is 0 Å². The van der Waals surface area contributed by atoms with Gasteiger partial charge in [0.05, 0.1) is 4.58 Å². The monoisotopic (exact) mass is 282 g/mol. The van der Waals surface area contributed by atoms with Crippen molar-refractivity contribution in [1.29, 1.82) is 0 Å². The second-order valence-electron chi connectivity index (χ2n) is 4.43. The second kappa shape index (κ2) is 6.50. The Balaban J connectivity index is 2.00. The number of carbonyl (C=O) groups is 1. The van der Waals surface area contributed by atoms with E-state index in [1.807, 2.05) is 42.6 Å². The quantitative estimate of drug-likeness (QED) is 0.891. The van der Waals surface area contributed by atoms with Crippen molar-refractivity contribution in [2.24, 2.45) is 5.73 Å². The van der Waals surface area contributed by atoms with Crippen molar-refractivity contribution in [2.75, 3.05) is 16.8 Å². The molecule has 5 heteroatoms. The Morgan fingerprint density at radius 2 is 2.22 bits per heavy atom. The smallest absolute Gasteiger partial charge is 0.225 e. The minimum atomic E-state index is -0.103. The van der Waals surface area contributed by atoms with Gasteiger partial charge in [-0.15, -0.1) is 23.5 Å². The largest absolute Gasteiger partial charge is 0.327 e. The fourth-order valence-corrected chi connectivity index (χ4v) is 4.66. The molecule has 1 aromatic rings. The first-order valence-electron chi connectivity index (χ1n) is 6.04. The summed E-state index contributed by atoms with van der Waals surface area (Å²) in [6, 6.07) is 8.00. The third-order valence-electron chi connectivity index (χ3n) is 2.57. The van der Waals surface area contributed by atoms with Crippen LogP contribution in [0.15, 0.2) is 24.3 Å². The van der Waals surface area contributed by atoms with E-state index >= 15 is 0 Å². The van der Waals surface area contributed by atoms with Crippen molar-refractivity contribution >= 4 is 35.1 Å². The van der Waals surface area contributed by atoms with E-state index in [1.54, 1.807) is 0 Å². The summed E-state index contributed by atoms with van der Waals surface area (Å²) in [5.41, 5.74) is 7.75. The molecule has 0 aromatic heterocycles. The van der Waals surface area contributed by atoms with E-state index < -0.39 is 0 Å². The molecule has 2 rings (SSSR count). The van der Waals surface area contributed by atoms with Gasteiger partial charge in [0.25, 0.3) is 0 Å². The average molecular weight is 282 g/mol. The van der Waals surface area contributed by atoms with Crippen LogP contribution in [0.4, 0.5) is 5.69 Å². The zero-order valence-electron chi connectivity index (χ0n) is 10.4. The highest BCUT2D eigenvalue weighted by atomic mass is 32.2. The van der Waals surface area contributed by atoms with Gasteiger partial charge in [-0.1, -0.05) is 12.1 Å². The Bertz CT molecular complexity index is 417. The molecule has 1 amide bonds. The molecular weight excluding hydrogens is 264 g/mol. The third-order valence-corrected chi connectivity index (χ3v) is 5.68. The van der Waals surface area contributed by atoms with Crippen LogP contribution in [0, 0.1) is 0 Å². The number of hydrogen-bond acceptors (Lipinski definition) is 4. The van der Waals surface area contributed by atoms with Crippen LogP contribution in [0.3, 0.4) is 0 Å². The van der Waals surface area contributed by atoms with Gasteiger partial charge < -0.3 is 11.1 Å². The SMILES string of the molecule is CC(N)CC(=O)Nc1cccc(C2SCCS2)c1. The zero-order valence-corrected chi connectivity index (χ0v) is 12.0. The number of nitrogens with one attached hydrogen (secondary N) is 1. The molecule has 1 aliphatic heterocycles. The summed E-state index contributed by atoms with van der Waals surface area (Å²) in [4.78, 5) is 11.7. The van der Waals surface area contributed by atoms with Crippen LogP contribution >= 0.6 is 23.5 Å². The lowest BCUT2D eigenvalue weighted by Crippen LogP contribution is -2.23. The molecule has 0 spiro atoms. The number of benzene rings is 1. The number of amides is 1. The van der Waals surface area contributed by atoms with Gasteiger partial charge in [-0.3, -0.25) is 4.79 Å². The van der Waals surface area contributed by atoms with Crippen molar-refractivity contribution in [1.82, 2.24) is 0 Å². The number of thioether (sulfide) groups is 2. The van der Waals surface area contributed by atoms with E-state index in [-0.39, 0.29) is 11.9 Å². The maximum atomic E-state index is 11.7. The molecule has 1 saturated heterocycles. The van der Waals surface area contributed by atoms with E-state index in [0.29, 0.717) is 11.0 Å². The lowest BCUT2D eigenvalue weighted by molar-refractivity contribution is -0.116. The number of nitrogens with two attached hydrogens (primary N) is 1. The molecule has 18 heavy (non-hydrogen) atoms. The highest BCUT2D eigenvalue weighted by molar-refractivity contribution is 8.19. The van der Waals surface area contributed by atoms with Crippen LogP contribution in [0.25, 0.3) is 0 Å². The highest BCUT2D eigenvalue weighted by Gasteiger charge is 2.18. The molecular formula is C13H18N2OS2. The molecule has 3 nitrogen and oxygen atoms in total. The van der Waals surface area contributed by atoms with Crippen LogP contribution in [0.5, 0.6) is 0 Å². The van der Waals surface area contributed by atoms with E-state index in [9.17, 15) is 4.79 Å². The summed E-state index contributed by atoms with van der Waals surface area (Å²) >= 11 is 3.93. The fraction of sp³-hybridized carbons (Fsp3) is 0.462. The summed E-state index contributed by atoms with van der Waals surface area (Å²) < 4.78 is 0.510. The third kappa shape index (κ3) is 3.93. The van der Waals surface area contributed by atoms with E-state index in [2.05, 4.69) is 17.4 Å². The summed E-state index contributed by atoms with van der Waals surface area (Å²) in [7, 11) is 0. The van der Waals surface area contributed by atoms with Crippen molar-refractivity contribution in [2.45, 2.75) is 24.0 Å². The van der Waals surface area contributed by atoms with Gasteiger partial charge in [0.1, 0.15) is 0 Å². The van der Waals surface area contributed by atoms with Gasteiger partial charge in [0.2, 0.25) is 5.91 Å². The fourth-order valence-electron chi connectivity index (χ4n) is 1.82. The Kier molecular flexibility index (Phi) is 4.97. The average Bonchev–Trinajstić information content (AvgIpc) is 2.81. The van der Waals surface area contributed by atoms with Gasteiger partial charge in [-0.05, 0) is 24.6 Å². The summed E-state index contributed by atoms with van der Waals surface area (Å²) in [6.07, 6.45) is 0.358. The molecule has 3 N–H and O–H groups in total. The van der Waals surface area contributed by atoms with Gasteiger partial charge in [-0.25, -0.2) is 0 Å². The lowest BCUT2D eigenvalue weighted by atomic mass is 10.2. The predicted octanol–water partition coefficient (Wildman–Crippen LogP) is 2.84. The summed E-state index contributed by atoms with van der Waals surface area (Å²) in [6.45, 7) is 1.84. The minimum Gasteiger partial charge on any atom is -0.327 e. The summed E-state index contributed by atoms with van der Waals surface area (Å²) in [5.74, 6) is 2.39. The van der Waals surface area contributed by atoms with Crippen molar-refractivity contribution < 1.29 is 4.79 Å². The molecule has 1 aliphatic rings. The number of rotatable bonds is 4. The Morgan fingerprint density at radius 3 is 2.89 bits per heavy atom. The molecule has 1 atom stereocenters. The topological polar surface area (TPSA) is 55.1 Å². The maximum absolute atomic E-state index is 11.7. The first-order chi connectivity index (χ1) is 8.65. The maximum Gasteiger partial charge on any atom is 0.225 e. The normalized spacial score (nSPS) is 17.7. The van der Waals surface area contributed by atoms with Crippen LogP contribution in [-0.2, 0) is 4.79 Å². The molecule has 1 unspecified atom stereocenters. The molecule has 1 aromatic carbocycles. The minimum absolute atomic E-state index is 0.0196. The zero-order chi connectivity index (χ0) is 13.0. The van der Waals surface area contributed by atoms with Gasteiger partial charge >= 0.3 is 0 Å². The molecule has 1 heterocycles. The molecule has 0 bridgehead atoms. The van der Waals surface area contributed by atoms with E-state index in [4.69, 9.17) is 5.73 Å². The Hall–Kier alpha value is -0.650. The number of hydrogen-bond donors (Lipinski definition) is 2. The Labute approximate surface area is 116 Å². The van der Waals surface area contributed by atoms with Crippen LogP contribution in [-0.4, -0.2) is 23.5 Å². The van der Waals surface area contributed by atoms with E-state index in [1.165, 1.54) is 17.1 Å². The van der Waals surface area contributed by atoms with E-state index in [0.717, 1.165) is 5.69 Å². The first kappa shape index (κ1) is 13.8. The lowest BCUT2D eigenvalue weighted by Gasteiger charge is -2.11. The van der Waals surface area contributed by atoms with Crippen LogP contribution in [0.2, 0.25) is 0 Å².